The summed E-state index contributed by atoms with van der Waals surface area (Å²) < 4.78 is 80.4. The molecule has 2 unspecified atom stereocenters. The SMILES string of the molecule is CC=CC1CCC(CCc2ccc(-c3ccc(-c4ccc(CCC)cc4F)c(F)c3F)c(F)c2F)CO1. The predicted molar refractivity (Wildman–Crippen MR) is 137 cm³/mol. The summed E-state index contributed by atoms with van der Waals surface area (Å²) in [5.41, 5.74) is -0.211. The Morgan fingerprint density at radius 3 is 2.00 bits per heavy atom. The maximum Gasteiger partial charge on any atom is 0.167 e. The molecule has 3 aromatic rings. The van der Waals surface area contributed by atoms with Crippen LogP contribution in [0, 0.1) is 35.0 Å². The molecule has 6 heteroatoms. The summed E-state index contributed by atoms with van der Waals surface area (Å²) in [6, 6.07) is 9.41. The minimum Gasteiger partial charge on any atom is -0.374 e. The van der Waals surface area contributed by atoms with Gasteiger partial charge in [0.1, 0.15) is 5.82 Å². The molecule has 1 heterocycles. The second-order valence-electron chi connectivity index (χ2n) is 9.63. The van der Waals surface area contributed by atoms with Gasteiger partial charge in [-0.2, -0.15) is 0 Å². The quantitative estimate of drug-likeness (QED) is 0.215. The molecule has 0 N–H and O–H groups in total. The van der Waals surface area contributed by atoms with Gasteiger partial charge < -0.3 is 4.74 Å². The number of aryl methyl sites for hydroxylation is 2. The molecule has 4 rings (SSSR count). The van der Waals surface area contributed by atoms with Crippen molar-refractivity contribution in [3.63, 3.8) is 0 Å². The Kier molecular flexibility index (Phi) is 8.80. The highest BCUT2D eigenvalue weighted by Gasteiger charge is 2.24. The van der Waals surface area contributed by atoms with Gasteiger partial charge in [0, 0.05) is 22.3 Å². The first kappa shape index (κ1) is 27.1. The van der Waals surface area contributed by atoms with Crippen molar-refractivity contribution < 1.29 is 26.7 Å². The number of hydrogen-bond donors (Lipinski definition) is 0. The molecule has 0 amide bonds. The maximum absolute atomic E-state index is 15.0. The number of rotatable bonds is 8. The summed E-state index contributed by atoms with van der Waals surface area (Å²) in [4.78, 5) is 0. The van der Waals surface area contributed by atoms with Crippen LogP contribution in [0.15, 0.2) is 54.6 Å². The Balaban J connectivity index is 1.53. The van der Waals surface area contributed by atoms with Gasteiger partial charge in [0.25, 0.3) is 0 Å². The van der Waals surface area contributed by atoms with Gasteiger partial charge in [0.2, 0.25) is 0 Å². The molecule has 1 fully saturated rings. The molecule has 1 aliphatic rings. The second kappa shape index (κ2) is 12.0. The molecule has 3 aromatic carbocycles. The smallest absolute Gasteiger partial charge is 0.167 e. The molecule has 0 radical (unpaired) electrons. The zero-order valence-corrected chi connectivity index (χ0v) is 21.1. The van der Waals surface area contributed by atoms with Crippen LogP contribution in [0.2, 0.25) is 0 Å². The van der Waals surface area contributed by atoms with E-state index in [9.17, 15) is 8.78 Å². The largest absolute Gasteiger partial charge is 0.374 e. The summed E-state index contributed by atoms with van der Waals surface area (Å²) in [6.45, 7) is 4.47. The standard InChI is InChI=1S/C31H31F5O/c1-3-5-19-9-13-23(27(32)17-19)24-15-16-26(31(36)30(24)35)25-14-11-21(28(33)29(25)34)10-7-20-8-12-22(6-4-2)37-18-20/h4,6,9,11,13-17,20,22H,3,5,7-8,10,12,18H2,1-2H3. The normalized spacial score (nSPS) is 18.0. The topological polar surface area (TPSA) is 9.23 Å². The lowest BCUT2D eigenvalue weighted by atomic mass is 9.91. The van der Waals surface area contributed by atoms with Crippen LogP contribution >= 0.6 is 0 Å². The fourth-order valence-electron chi connectivity index (χ4n) is 4.96. The van der Waals surface area contributed by atoms with Crippen LogP contribution in [0.5, 0.6) is 0 Å². The molecule has 1 aliphatic heterocycles. The van der Waals surface area contributed by atoms with Gasteiger partial charge in [-0.25, -0.2) is 22.0 Å². The lowest BCUT2D eigenvalue weighted by Crippen LogP contribution is -2.24. The van der Waals surface area contributed by atoms with Crippen LogP contribution in [0.4, 0.5) is 22.0 Å². The first-order valence-corrected chi connectivity index (χ1v) is 12.8. The molecule has 0 aromatic heterocycles. The summed E-state index contributed by atoms with van der Waals surface area (Å²) >= 11 is 0. The number of benzene rings is 3. The van der Waals surface area contributed by atoms with Gasteiger partial charge in [0.15, 0.2) is 23.3 Å². The maximum atomic E-state index is 15.0. The van der Waals surface area contributed by atoms with Gasteiger partial charge >= 0.3 is 0 Å². The van der Waals surface area contributed by atoms with E-state index in [0.29, 0.717) is 25.9 Å². The van der Waals surface area contributed by atoms with Crippen LogP contribution in [-0.4, -0.2) is 12.7 Å². The fourth-order valence-corrected chi connectivity index (χ4v) is 4.96. The van der Waals surface area contributed by atoms with E-state index in [-0.39, 0.29) is 34.3 Å². The van der Waals surface area contributed by atoms with Crippen molar-refractivity contribution in [3.05, 3.63) is 94.8 Å². The van der Waals surface area contributed by atoms with Gasteiger partial charge in [-0.05, 0) is 62.1 Å². The molecule has 37 heavy (non-hydrogen) atoms. The Labute approximate surface area is 215 Å². The minimum absolute atomic E-state index is 0.0893. The lowest BCUT2D eigenvalue weighted by molar-refractivity contribution is 0.00856. The first-order chi connectivity index (χ1) is 17.8. The summed E-state index contributed by atoms with van der Waals surface area (Å²) in [5.74, 6) is -5.37. The average molecular weight is 515 g/mol. The lowest BCUT2D eigenvalue weighted by Gasteiger charge is -2.27. The van der Waals surface area contributed by atoms with E-state index in [4.69, 9.17) is 4.74 Å². The number of halogens is 5. The van der Waals surface area contributed by atoms with E-state index in [0.717, 1.165) is 30.9 Å². The van der Waals surface area contributed by atoms with Crippen LogP contribution in [0.3, 0.4) is 0 Å². The monoisotopic (exact) mass is 514 g/mol. The Hall–Kier alpha value is -2.99. The van der Waals surface area contributed by atoms with E-state index in [1.165, 1.54) is 30.3 Å². The van der Waals surface area contributed by atoms with Crippen molar-refractivity contribution in [2.24, 2.45) is 5.92 Å². The van der Waals surface area contributed by atoms with Crippen molar-refractivity contribution in [2.75, 3.05) is 6.61 Å². The highest BCUT2D eigenvalue weighted by Crippen LogP contribution is 2.35. The van der Waals surface area contributed by atoms with Gasteiger partial charge in [0.05, 0.1) is 12.7 Å². The van der Waals surface area contributed by atoms with Crippen molar-refractivity contribution in [3.8, 4) is 22.3 Å². The van der Waals surface area contributed by atoms with E-state index in [1.54, 1.807) is 6.07 Å². The molecule has 196 valence electrons. The molecule has 0 bridgehead atoms. The van der Waals surface area contributed by atoms with E-state index < -0.39 is 34.6 Å². The van der Waals surface area contributed by atoms with E-state index >= 15 is 13.2 Å². The van der Waals surface area contributed by atoms with Crippen molar-refractivity contribution >= 4 is 0 Å². The summed E-state index contributed by atoms with van der Waals surface area (Å²) in [7, 11) is 0. The Morgan fingerprint density at radius 2 is 1.41 bits per heavy atom. The summed E-state index contributed by atoms with van der Waals surface area (Å²) in [6.07, 6.45) is 8.34. The molecule has 1 saturated heterocycles. The summed E-state index contributed by atoms with van der Waals surface area (Å²) in [5, 5.41) is 0. The second-order valence-corrected chi connectivity index (χ2v) is 9.63. The molecule has 0 spiro atoms. The van der Waals surface area contributed by atoms with Crippen LogP contribution < -0.4 is 0 Å². The molecule has 0 aliphatic carbocycles. The van der Waals surface area contributed by atoms with Crippen LogP contribution in [-0.2, 0) is 17.6 Å². The van der Waals surface area contributed by atoms with Crippen molar-refractivity contribution in [2.45, 2.75) is 58.5 Å². The molecular weight excluding hydrogens is 483 g/mol. The van der Waals surface area contributed by atoms with Gasteiger partial charge in [-0.3, -0.25) is 0 Å². The highest BCUT2D eigenvalue weighted by molar-refractivity contribution is 5.72. The van der Waals surface area contributed by atoms with Crippen molar-refractivity contribution in [1.82, 2.24) is 0 Å². The third-order valence-corrected chi connectivity index (χ3v) is 7.03. The third kappa shape index (κ3) is 5.96. The molecule has 1 nitrogen and oxygen atoms in total. The number of ether oxygens (including phenoxy) is 1. The average Bonchev–Trinajstić information content (AvgIpc) is 2.89. The van der Waals surface area contributed by atoms with Gasteiger partial charge in [-0.1, -0.05) is 61.9 Å². The first-order valence-electron chi connectivity index (χ1n) is 12.8. The fraction of sp³-hybridized carbons (Fsp3) is 0.355. The Bertz CT molecular complexity index is 1280. The highest BCUT2D eigenvalue weighted by atomic mass is 19.2. The zero-order valence-electron chi connectivity index (χ0n) is 21.1. The van der Waals surface area contributed by atoms with Crippen molar-refractivity contribution in [1.29, 1.82) is 0 Å². The third-order valence-electron chi connectivity index (χ3n) is 7.03. The molecule has 0 saturated carbocycles. The predicted octanol–water partition coefficient (Wildman–Crippen LogP) is 8.97. The number of hydrogen-bond acceptors (Lipinski definition) is 1. The van der Waals surface area contributed by atoms with Crippen LogP contribution in [0.25, 0.3) is 22.3 Å². The molecular formula is C31H31F5O. The van der Waals surface area contributed by atoms with Crippen LogP contribution in [0.1, 0.15) is 50.7 Å². The number of allylic oxidation sites excluding steroid dienone is 1. The Morgan fingerprint density at radius 1 is 0.784 bits per heavy atom. The minimum atomic E-state index is -1.35. The van der Waals surface area contributed by atoms with Gasteiger partial charge in [-0.15, -0.1) is 0 Å². The van der Waals surface area contributed by atoms with E-state index in [1.807, 2.05) is 26.0 Å². The zero-order chi connectivity index (χ0) is 26.5. The molecule has 2 atom stereocenters. The van der Waals surface area contributed by atoms with E-state index in [2.05, 4.69) is 0 Å².